The van der Waals surface area contributed by atoms with Gasteiger partial charge < -0.3 is 4.74 Å². The summed E-state index contributed by atoms with van der Waals surface area (Å²) in [6.45, 7) is 1.25. The van der Waals surface area contributed by atoms with E-state index in [1.54, 1.807) is 0 Å². The van der Waals surface area contributed by atoms with E-state index in [1.165, 1.54) is 0 Å². The molecule has 0 heterocycles. The van der Waals surface area contributed by atoms with E-state index in [0.29, 0.717) is 13.2 Å². The molecule has 0 aliphatic heterocycles. The molecule has 0 aromatic heterocycles. The monoisotopic (exact) mass is 228 g/mol. The molecule has 0 aliphatic carbocycles. The molecular weight excluding hydrogens is 216 g/mol. The van der Waals surface area contributed by atoms with Crippen molar-refractivity contribution in [1.29, 1.82) is 0 Å². The van der Waals surface area contributed by atoms with E-state index in [1.807, 2.05) is 36.4 Å². The maximum atomic E-state index is 5.75. The van der Waals surface area contributed by atoms with E-state index in [-0.39, 0.29) is 0 Å². The Morgan fingerprint density at radius 3 is 2.57 bits per heavy atom. The van der Waals surface area contributed by atoms with Crippen LogP contribution in [0.3, 0.4) is 0 Å². The first kappa shape index (κ1) is 11.6. The number of ether oxygens (including phenoxy) is 1. The van der Waals surface area contributed by atoms with Gasteiger partial charge in [-0.25, -0.2) is 0 Å². The van der Waals surface area contributed by atoms with Gasteiger partial charge in [0.2, 0.25) is 0 Å². The quantitative estimate of drug-likeness (QED) is 0.462. The van der Waals surface area contributed by atoms with Crippen LogP contribution >= 0.6 is 24.2 Å². The summed E-state index contributed by atoms with van der Waals surface area (Å²) in [5, 5.41) is 0.753. The lowest BCUT2D eigenvalue weighted by Gasteiger charge is -2.01. The summed E-state index contributed by atoms with van der Waals surface area (Å²) in [5.74, 6) is 0.754. The van der Waals surface area contributed by atoms with Crippen molar-refractivity contribution in [1.82, 2.24) is 0 Å². The molecule has 1 rings (SSSR count). The maximum Gasteiger partial charge on any atom is 0.0721 e. The number of rotatable bonds is 5. The van der Waals surface area contributed by atoms with Crippen molar-refractivity contribution < 1.29 is 4.74 Å². The summed E-state index contributed by atoms with van der Waals surface area (Å²) in [6, 6.07) is 7.66. The predicted octanol–water partition coefficient (Wildman–Crippen LogP) is 3.34. The Morgan fingerprint density at radius 2 is 1.93 bits per heavy atom. The van der Waals surface area contributed by atoms with Gasteiger partial charge in [-0.15, -0.1) is 0 Å². The van der Waals surface area contributed by atoms with Crippen molar-refractivity contribution in [3.8, 4) is 0 Å². The Balaban J connectivity index is 2.25. The van der Waals surface area contributed by atoms with Crippen molar-refractivity contribution in [2.24, 2.45) is 0 Å². The Kier molecular flexibility index (Phi) is 5.76. The largest absolute Gasteiger partial charge is 0.373 e. The van der Waals surface area contributed by atoms with Crippen LogP contribution in [0, 0.1) is 0 Å². The number of hydrogen-bond donors (Lipinski definition) is 1. The Bertz CT molecular complexity index is 282. The molecule has 14 heavy (non-hydrogen) atoms. The third-order valence-electron chi connectivity index (χ3n) is 1.67. The lowest BCUT2D eigenvalue weighted by Crippen LogP contribution is -1.92. The SMILES string of the molecule is SCC=CCOCc1ccc(Cl)cc1. The van der Waals surface area contributed by atoms with E-state index in [9.17, 15) is 0 Å². The highest BCUT2D eigenvalue weighted by Crippen LogP contribution is 2.09. The van der Waals surface area contributed by atoms with E-state index >= 15 is 0 Å². The minimum Gasteiger partial charge on any atom is -0.373 e. The molecule has 0 atom stereocenters. The van der Waals surface area contributed by atoms with E-state index in [4.69, 9.17) is 16.3 Å². The fourth-order valence-corrected chi connectivity index (χ4v) is 1.24. The van der Waals surface area contributed by atoms with Crippen molar-refractivity contribution in [3.05, 3.63) is 47.0 Å². The van der Waals surface area contributed by atoms with Gasteiger partial charge in [-0.05, 0) is 17.7 Å². The second-order valence-electron chi connectivity index (χ2n) is 2.80. The molecule has 1 aromatic rings. The van der Waals surface area contributed by atoms with Crippen molar-refractivity contribution in [2.75, 3.05) is 12.4 Å². The van der Waals surface area contributed by atoms with Crippen LogP contribution in [-0.4, -0.2) is 12.4 Å². The molecule has 0 unspecified atom stereocenters. The number of halogens is 1. The van der Waals surface area contributed by atoms with Crippen LogP contribution in [-0.2, 0) is 11.3 Å². The molecule has 76 valence electrons. The van der Waals surface area contributed by atoms with Crippen molar-refractivity contribution in [3.63, 3.8) is 0 Å². The first-order valence-corrected chi connectivity index (χ1v) is 5.42. The summed E-state index contributed by atoms with van der Waals surface area (Å²) in [4.78, 5) is 0. The fraction of sp³-hybridized carbons (Fsp3) is 0.273. The van der Waals surface area contributed by atoms with Gasteiger partial charge in [-0.1, -0.05) is 35.9 Å². The summed E-state index contributed by atoms with van der Waals surface area (Å²) in [5.41, 5.74) is 1.13. The topological polar surface area (TPSA) is 9.23 Å². The van der Waals surface area contributed by atoms with Gasteiger partial charge >= 0.3 is 0 Å². The zero-order valence-corrected chi connectivity index (χ0v) is 9.47. The van der Waals surface area contributed by atoms with Gasteiger partial charge in [0.05, 0.1) is 13.2 Å². The molecule has 0 fully saturated rings. The minimum atomic E-state index is 0.619. The Morgan fingerprint density at radius 1 is 1.21 bits per heavy atom. The molecule has 0 bridgehead atoms. The molecule has 1 aromatic carbocycles. The standard InChI is InChI=1S/C11H13ClOS/c12-11-5-3-10(4-6-11)9-13-7-1-2-8-14/h1-6,14H,7-9H2. The number of benzene rings is 1. The van der Waals surface area contributed by atoms with Crippen LogP contribution in [0.5, 0.6) is 0 Å². The minimum absolute atomic E-state index is 0.619. The summed E-state index contributed by atoms with van der Waals surface area (Å²) in [6.07, 6.45) is 3.92. The van der Waals surface area contributed by atoms with Crippen LogP contribution in [0.1, 0.15) is 5.56 Å². The second kappa shape index (κ2) is 6.93. The third kappa shape index (κ3) is 4.70. The van der Waals surface area contributed by atoms with Gasteiger partial charge in [0.25, 0.3) is 0 Å². The fourth-order valence-electron chi connectivity index (χ4n) is 0.968. The van der Waals surface area contributed by atoms with Crippen molar-refractivity contribution in [2.45, 2.75) is 6.61 Å². The van der Waals surface area contributed by atoms with Crippen LogP contribution in [0.4, 0.5) is 0 Å². The smallest absolute Gasteiger partial charge is 0.0721 e. The zero-order chi connectivity index (χ0) is 10.2. The van der Waals surface area contributed by atoms with Crippen LogP contribution in [0.25, 0.3) is 0 Å². The molecular formula is C11H13ClOS. The summed E-state index contributed by atoms with van der Waals surface area (Å²) < 4.78 is 5.40. The lowest BCUT2D eigenvalue weighted by molar-refractivity contribution is 0.148. The molecule has 0 N–H and O–H groups in total. The van der Waals surface area contributed by atoms with Crippen LogP contribution in [0.15, 0.2) is 36.4 Å². The van der Waals surface area contributed by atoms with Crippen molar-refractivity contribution >= 4 is 24.2 Å². The predicted molar refractivity (Wildman–Crippen MR) is 64.1 cm³/mol. The van der Waals surface area contributed by atoms with E-state index in [2.05, 4.69) is 12.6 Å². The first-order valence-electron chi connectivity index (χ1n) is 4.41. The maximum absolute atomic E-state index is 5.75. The average molecular weight is 229 g/mol. The summed E-state index contributed by atoms with van der Waals surface area (Å²) >= 11 is 9.80. The van der Waals surface area contributed by atoms with Gasteiger partial charge in [0, 0.05) is 10.8 Å². The Labute approximate surface area is 95.1 Å². The Hall–Kier alpha value is -0.440. The van der Waals surface area contributed by atoms with E-state index < -0.39 is 0 Å². The zero-order valence-electron chi connectivity index (χ0n) is 7.82. The molecule has 0 aliphatic rings. The normalized spacial score (nSPS) is 11.0. The molecule has 3 heteroatoms. The molecule has 1 nitrogen and oxygen atoms in total. The first-order chi connectivity index (χ1) is 6.83. The molecule has 0 saturated carbocycles. The van der Waals surface area contributed by atoms with Gasteiger partial charge in [-0.3, -0.25) is 0 Å². The number of thiol groups is 1. The summed E-state index contributed by atoms with van der Waals surface area (Å²) in [7, 11) is 0. The highest BCUT2D eigenvalue weighted by molar-refractivity contribution is 7.80. The van der Waals surface area contributed by atoms with Crippen LogP contribution in [0.2, 0.25) is 5.02 Å². The number of hydrogen-bond acceptors (Lipinski definition) is 2. The second-order valence-corrected chi connectivity index (χ2v) is 3.60. The average Bonchev–Trinajstić information content (AvgIpc) is 2.21. The molecule has 0 radical (unpaired) electrons. The van der Waals surface area contributed by atoms with Gasteiger partial charge in [0.15, 0.2) is 0 Å². The molecule has 0 spiro atoms. The van der Waals surface area contributed by atoms with Gasteiger partial charge in [-0.2, -0.15) is 12.6 Å². The third-order valence-corrected chi connectivity index (χ3v) is 2.13. The highest BCUT2D eigenvalue weighted by Gasteiger charge is 1.91. The van der Waals surface area contributed by atoms with Gasteiger partial charge in [0.1, 0.15) is 0 Å². The lowest BCUT2D eigenvalue weighted by atomic mass is 10.2. The van der Waals surface area contributed by atoms with E-state index in [0.717, 1.165) is 16.3 Å². The highest BCUT2D eigenvalue weighted by atomic mass is 35.5. The molecule has 0 saturated heterocycles. The van der Waals surface area contributed by atoms with Crippen LogP contribution < -0.4 is 0 Å². The molecule has 0 amide bonds.